The van der Waals surface area contributed by atoms with Crippen molar-refractivity contribution in [3.05, 3.63) is 0 Å². The van der Waals surface area contributed by atoms with Gasteiger partial charge in [-0.05, 0) is 13.3 Å². The summed E-state index contributed by atoms with van der Waals surface area (Å²) in [6.07, 6.45) is 0.814. The third-order valence-electron chi connectivity index (χ3n) is 1.04. The van der Waals surface area contributed by atoms with Crippen LogP contribution in [0, 0.1) is 0 Å². The maximum absolute atomic E-state index is 5.13. The van der Waals surface area contributed by atoms with Crippen LogP contribution < -0.4 is 11.5 Å². The number of rotatable bonds is 2. The maximum atomic E-state index is 5.13. The molecule has 0 aliphatic heterocycles. The molecule has 0 aromatic rings. The zero-order chi connectivity index (χ0) is 7.49. The summed E-state index contributed by atoms with van der Waals surface area (Å²) in [5.41, 5.74) is 10.3. The molecule has 3 nitrogen and oxygen atoms in total. The molecule has 0 aliphatic carbocycles. The van der Waals surface area contributed by atoms with Crippen LogP contribution in [0.5, 0.6) is 0 Å². The second kappa shape index (κ2) is 2.96. The number of hydrogen-bond donors (Lipinski definition) is 3. The summed E-state index contributed by atoms with van der Waals surface area (Å²) in [7, 11) is 0. The average Bonchev–Trinajstić information content (AvgIpc) is 1.63. The van der Waals surface area contributed by atoms with Crippen molar-refractivity contribution in [1.82, 2.24) is 0 Å². The molecule has 0 rings (SSSR count). The molecule has 0 aromatic heterocycles. The summed E-state index contributed by atoms with van der Waals surface area (Å²) < 4.78 is 0. The molecule has 4 heteroatoms. The van der Waals surface area contributed by atoms with Gasteiger partial charge in [0.25, 0.3) is 0 Å². The van der Waals surface area contributed by atoms with Crippen LogP contribution in [-0.4, -0.2) is 10.8 Å². The summed E-state index contributed by atoms with van der Waals surface area (Å²) in [6, 6.07) is 0. The van der Waals surface area contributed by atoms with E-state index >= 15 is 0 Å². The van der Waals surface area contributed by atoms with E-state index in [1.165, 1.54) is 0 Å². The van der Waals surface area contributed by atoms with Crippen molar-refractivity contribution in [2.24, 2.45) is 16.5 Å². The fourth-order valence-corrected chi connectivity index (χ4v) is 0.473. The Kier molecular flexibility index (Phi) is 2.84. The van der Waals surface area contributed by atoms with Gasteiger partial charge in [0.1, 0.15) is 4.87 Å². The highest BCUT2D eigenvalue weighted by Crippen LogP contribution is 2.18. The first-order valence-electron chi connectivity index (χ1n) is 2.81. The lowest BCUT2D eigenvalue weighted by atomic mass is 10.3. The van der Waals surface area contributed by atoms with Crippen LogP contribution >= 0.6 is 12.6 Å². The molecule has 0 heterocycles. The second-order valence-electron chi connectivity index (χ2n) is 2.11. The van der Waals surface area contributed by atoms with Gasteiger partial charge in [-0.1, -0.05) is 6.92 Å². The Morgan fingerprint density at radius 3 is 2.22 bits per heavy atom. The molecule has 0 bridgehead atoms. The first kappa shape index (κ1) is 8.62. The van der Waals surface area contributed by atoms with Gasteiger partial charge >= 0.3 is 0 Å². The second-order valence-corrected chi connectivity index (χ2v) is 3.07. The normalized spacial score (nSPS) is 16.3. The van der Waals surface area contributed by atoms with Crippen molar-refractivity contribution in [1.29, 1.82) is 0 Å². The zero-order valence-corrected chi connectivity index (χ0v) is 6.65. The van der Waals surface area contributed by atoms with E-state index in [0.29, 0.717) is 0 Å². The van der Waals surface area contributed by atoms with Gasteiger partial charge in [0.05, 0.1) is 0 Å². The largest absolute Gasteiger partial charge is 0.370 e. The molecule has 0 spiro atoms. The fraction of sp³-hybridized carbons (Fsp3) is 0.800. The summed E-state index contributed by atoms with van der Waals surface area (Å²) >= 11 is 4.18. The quantitative estimate of drug-likeness (QED) is 0.299. The summed E-state index contributed by atoms with van der Waals surface area (Å²) in [6.45, 7) is 3.83. The minimum atomic E-state index is -0.404. The molecule has 0 radical (unpaired) electrons. The molecule has 0 saturated heterocycles. The molecule has 0 aromatic carbocycles. The van der Waals surface area contributed by atoms with E-state index < -0.39 is 4.87 Å². The molecule has 4 N–H and O–H groups in total. The Morgan fingerprint density at radius 1 is 1.67 bits per heavy atom. The van der Waals surface area contributed by atoms with Gasteiger partial charge in [0, 0.05) is 0 Å². The van der Waals surface area contributed by atoms with E-state index in [-0.39, 0.29) is 5.96 Å². The van der Waals surface area contributed by atoms with Gasteiger partial charge in [-0.25, -0.2) is 4.99 Å². The smallest absolute Gasteiger partial charge is 0.187 e. The van der Waals surface area contributed by atoms with Crippen molar-refractivity contribution in [3.8, 4) is 0 Å². The van der Waals surface area contributed by atoms with Gasteiger partial charge in [0.2, 0.25) is 0 Å². The van der Waals surface area contributed by atoms with Gasteiger partial charge in [0.15, 0.2) is 5.96 Å². The summed E-state index contributed by atoms with van der Waals surface area (Å²) in [4.78, 5) is 3.46. The number of guanidine groups is 1. The van der Waals surface area contributed by atoms with Crippen molar-refractivity contribution >= 4 is 18.6 Å². The number of hydrogen-bond acceptors (Lipinski definition) is 2. The Bertz CT molecular complexity index is 115. The van der Waals surface area contributed by atoms with Crippen molar-refractivity contribution in [3.63, 3.8) is 0 Å². The first-order chi connectivity index (χ1) is 3.98. The van der Waals surface area contributed by atoms with Crippen LogP contribution in [0.15, 0.2) is 4.99 Å². The average molecular weight is 147 g/mol. The Hall–Kier alpha value is -0.380. The number of nitrogens with two attached hydrogens (primary N) is 2. The highest BCUT2D eigenvalue weighted by molar-refractivity contribution is 7.81. The Morgan fingerprint density at radius 2 is 2.11 bits per heavy atom. The highest BCUT2D eigenvalue weighted by atomic mass is 32.1. The van der Waals surface area contributed by atoms with E-state index in [1.807, 2.05) is 13.8 Å². The molecular formula is C5H13N3S. The van der Waals surface area contributed by atoms with E-state index in [0.717, 1.165) is 6.42 Å². The number of nitrogens with zero attached hydrogens (tertiary/aromatic N) is 1. The lowest BCUT2D eigenvalue weighted by Gasteiger charge is -2.14. The van der Waals surface area contributed by atoms with Crippen LogP contribution in [0.1, 0.15) is 20.3 Å². The molecule has 0 aliphatic rings. The molecule has 0 fully saturated rings. The Labute approximate surface area is 60.9 Å². The molecule has 54 valence electrons. The zero-order valence-electron chi connectivity index (χ0n) is 5.76. The highest BCUT2D eigenvalue weighted by Gasteiger charge is 2.13. The van der Waals surface area contributed by atoms with Crippen LogP contribution in [0.4, 0.5) is 0 Å². The minimum absolute atomic E-state index is 0.0920. The van der Waals surface area contributed by atoms with E-state index in [2.05, 4.69) is 17.6 Å². The lowest BCUT2D eigenvalue weighted by molar-refractivity contribution is 0.658. The molecule has 0 saturated carbocycles. The van der Waals surface area contributed by atoms with Crippen LogP contribution in [0.2, 0.25) is 0 Å². The van der Waals surface area contributed by atoms with Gasteiger partial charge in [-0.2, -0.15) is 0 Å². The minimum Gasteiger partial charge on any atom is -0.370 e. The maximum Gasteiger partial charge on any atom is 0.187 e. The monoisotopic (exact) mass is 147 g/mol. The number of aliphatic imine (C=N–C) groups is 1. The van der Waals surface area contributed by atoms with Gasteiger partial charge in [-0.15, -0.1) is 12.6 Å². The summed E-state index contributed by atoms with van der Waals surface area (Å²) in [5.74, 6) is 0.0920. The Balaban J connectivity index is 4.01. The van der Waals surface area contributed by atoms with Crippen LogP contribution in [0.25, 0.3) is 0 Å². The molecule has 0 amide bonds. The lowest BCUT2D eigenvalue weighted by Crippen LogP contribution is -2.27. The molecular weight excluding hydrogens is 134 g/mol. The molecule has 9 heavy (non-hydrogen) atoms. The fourth-order valence-electron chi connectivity index (χ4n) is 0.357. The molecule has 1 atom stereocenters. The van der Waals surface area contributed by atoms with Crippen LogP contribution in [0.3, 0.4) is 0 Å². The SMILES string of the molecule is CC[C@](C)(S)N=C(N)N. The third-order valence-corrected chi connectivity index (χ3v) is 1.46. The van der Waals surface area contributed by atoms with Gasteiger partial charge < -0.3 is 11.5 Å². The summed E-state index contributed by atoms with van der Waals surface area (Å²) in [5, 5.41) is 0. The van der Waals surface area contributed by atoms with Crippen molar-refractivity contribution < 1.29 is 0 Å². The standard InChI is InChI=1S/C5H13N3S/c1-3-5(2,9)8-4(6)7/h9H,3H2,1-2H3,(H4,6,7,8)/t5-/m0/s1. The molecule has 0 unspecified atom stereocenters. The first-order valence-corrected chi connectivity index (χ1v) is 3.26. The predicted octanol–water partition coefficient (Wildman–Crippen LogP) is 0.316. The topological polar surface area (TPSA) is 64.4 Å². The predicted molar refractivity (Wildman–Crippen MR) is 43.5 cm³/mol. The van der Waals surface area contributed by atoms with E-state index in [1.54, 1.807) is 0 Å². The van der Waals surface area contributed by atoms with Crippen molar-refractivity contribution in [2.45, 2.75) is 25.1 Å². The third kappa shape index (κ3) is 4.14. The number of thiol groups is 1. The van der Waals surface area contributed by atoms with Crippen LogP contribution in [-0.2, 0) is 0 Å². The van der Waals surface area contributed by atoms with E-state index in [4.69, 9.17) is 11.5 Å². The van der Waals surface area contributed by atoms with Crippen molar-refractivity contribution in [2.75, 3.05) is 0 Å². The van der Waals surface area contributed by atoms with E-state index in [9.17, 15) is 0 Å². The van der Waals surface area contributed by atoms with Gasteiger partial charge in [-0.3, -0.25) is 0 Å².